The van der Waals surface area contributed by atoms with Crippen molar-refractivity contribution in [1.29, 1.82) is 0 Å². The van der Waals surface area contributed by atoms with Crippen molar-refractivity contribution in [2.45, 2.75) is 30.2 Å². The normalized spacial score (nSPS) is 18.8. The van der Waals surface area contributed by atoms with E-state index in [1.807, 2.05) is 6.92 Å². The molecule has 1 unspecified atom stereocenters. The first-order valence-corrected chi connectivity index (χ1v) is 10.9. The first-order chi connectivity index (χ1) is 13.1. The Kier molecular flexibility index (Phi) is 5.83. The lowest BCUT2D eigenvalue weighted by molar-refractivity contribution is -0.137. The van der Waals surface area contributed by atoms with Crippen LogP contribution < -0.4 is 5.32 Å². The van der Waals surface area contributed by atoms with Gasteiger partial charge in [-0.2, -0.15) is 17.5 Å². The summed E-state index contributed by atoms with van der Waals surface area (Å²) < 4.78 is 64.9. The number of carbonyl (C=O) groups excluding carboxylic acids is 1. The summed E-state index contributed by atoms with van der Waals surface area (Å²) in [6, 6.07) is 7.45. The number of alkyl halides is 3. The fourth-order valence-electron chi connectivity index (χ4n) is 3.04. The SMILES string of the molecule is Cc1ccc(S(=O)(=O)N2CCCC(C(=O)Nc3ccc(C(F)(F)F)cc3)C2)s1. The number of amides is 1. The number of aryl methyl sites for hydroxylation is 1. The molecule has 1 aromatic heterocycles. The van der Waals surface area contributed by atoms with Gasteiger partial charge in [-0.3, -0.25) is 4.79 Å². The van der Waals surface area contributed by atoms with E-state index >= 15 is 0 Å². The van der Waals surface area contributed by atoms with E-state index in [9.17, 15) is 26.4 Å². The highest BCUT2D eigenvalue weighted by molar-refractivity contribution is 7.91. The van der Waals surface area contributed by atoms with Crippen molar-refractivity contribution in [3.05, 3.63) is 46.8 Å². The summed E-state index contributed by atoms with van der Waals surface area (Å²) in [4.78, 5) is 13.4. The van der Waals surface area contributed by atoms with Gasteiger partial charge in [-0.15, -0.1) is 11.3 Å². The van der Waals surface area contributed by atoms with E-state index < -0.39 is 33.6 Å². The number of sulfonamides is 1. The molecule has 1 atom stereocenters. The van der Waals surface area contributed by atoms with Gasteiger partial charge >= 0.3 is 6.18 Å². The van der Waals surface area contributed by atoms with Crippen molar-refractivity contribution >= 4 is 33.0 Å². The highest BCUT2D eigenvalue weighted by Gasteiger charge is 2.34. The summed E-state index contributed by atoms with van der Waals surface area (Å²) in [7, 11) is -3.66. The van der Waals surface area contributed by atoms with Gasteiger partial charge in [0.1, 0.15) is 4.21 Å². The molecule has 3 rings (SSSR count). The average molecular weight is 432 g/mol. The third-order valence-corrected chi connectivity index (χ3v) is 7.88. The Morgan fingerprint density at radius 3 is 2.43 bits per heavy atom. The molecular weight excluding hydrogens is 413 g/mol. The van der Waals surface area contributed by atoms with Gasteiger partial charge in [0.2, 0.25) is 5.91 Å². The number of piperidine rings is 1. The second-order valence-electron chi connectivity index (χ2n) is 6.63. The maximum absolute atomic E-state index is 12.8. The van der Waals surface area contributed by atoms with E-state index in [2.05, 4.69) is 5.32 Å². The molecule has 0 aliphatic carbocycles. The summed E-state index contributed by atoms with van der Waals surface area (Å²) in [6.07, 6.45) is -3.39. The molecule has 0 saturated carbocycles. The van der Waals surface area contributed by atoms with Gasteiger partial charge in [0.05, 0.1) is 11.5 Å². The fraction of sp³-hybridized carbons (Fsp3) is 0.389. The monoisotopic (exact) mass is 432 g/mol. The van der Waals surface area contributed by atoms with Gasteiger partial charge in [0.25, 0.3) is 10.0 Å². The highest BCUT2D eigenvalue weighted by Crippen LogP contribution is 2.31. The predicted octanol–water partition coefficient (Wildman–Crippen LogP) is 4.11. The maximum atomic E-state index is 12.8. The summed E-state index contributed by atoms with van der Waals surface area (Å²) >= 11 is 1.18. The zero-order valence-corrected chi connectivity index (χ0v) is 16.6. The van der Waals surface area contributed by atoms with Gasteiger partial charge in [0.15, 0.2) is 0 Å². The summed E-state index contributed by atoms with van der Waals surface area (Å²) in [5.74, 6) is -0.964. The molecule has 152 valence electrons. The fourth-order valence-corrected chi connectivity index (χ4v) is 6.00. The molecule has 10 heteroatoms. The number of hydrogen-bond acceptors (Lipinski definition) is 4. The first-order valence-electron chi connectivity index (χ1n) is 8.62. The van der Waals surface area contributed by atoms with Gasteiger partial charge in [-0.05, 0) is 56.2 Å². The molecule has 1 fully saturated rings. The minimum absolute atomic E-state index is 0.0474. The zero-order valence-electron chi connectivity index (χ0n) is 15.0. The lowest BCUT2D eigenvalue weighted by Crippen LogP contribution is -2.43. The van der Waals surface area contributed by atoms with Crippen molar-refractivity contribution in [3.63, 3.8) is 0 Å². The van der Waals surface area contributed by atoms with Crippen molar-refractivity contribution in [2.24, 2.45) is 5.92 Å². The largest absolute Gasteiger partial charge is 0.416 e. The molecule has 28 heavy (non-hydrogen) atoms. The standard InChI is InChI=1S/C18H19F3N2O3S2/c1-12-4-9-16(27-12)28(25,26)23-10-2-3-13(11-23)17(24)22-15-7-5-14(6-8-15)18(19,20)21/h4-9,13H,2-3,10-11H2,1H3,(H,22,24). The van der Waals surface area contributed by atoms with Crippen LogP contribution in [0.15, 0.2) is 40.6 Å². The number of thiophene rings is 1. The van der Waals surface area contributed by atoms with Crippen molar-refractivity contribution < 1.29 is 26.4 Å². The molecule has 1 aromatic carbocycles. The number of nitrogens with one attached hydrogen (secondary N) is 1. The van der Waals surface area contributed by atoms with Crippen LogP contribution in [0.2, 0.25) is 0 Å². The molecule has 1 amide bonds. The van der Waals surface area contributed by atoms with Crippen LogP contribution in [0.4, 0.5) is 18.9 Å². The molecule has 1 N–H and O–H groups in total. The van der Waals surface area contributed by atoms with E-state index in [1.54, 1.807) is 12.1 Å². The Balaban J connectivity index is 1.68. The van der Waals surface area contributed by atoms with Gasteiger partial charge in [-0.1, -0.05) is 0 Å². The number of halogens is 3. The quantitative estimate of drug-likeness (QED) is 0.791. The molecule has 1 aliphatic heterocycles. The van der Waals surface area contributed by atoms with Crippen LogP contribution in [-0.2, 0) is 21.0 Å². The smallest absolute Gasteiger partial charge is 0.326 e. The van der Waals surface area contributed by atoms with E-state index in [0.29, 0.717) is 19.4 Å². The van der Waals surface area contributed by atoms with Crippen LogP contribution in [0.3, 0.4) is 0 Å². The average Bonchev–Trinajstić information content (AvgIpc) is 3.09. The lowest BCUT2D eigenvalue weighted by atomic mass is 9.98. The highest BCUT2D eigenvalue weighted by atomic mass is 32.2. The van der Waals surface area contributed by atoms with E-state index in [-0.39, 0.29) is 16.4 Å². The Morgan fingerprint density at radius 1 is 1.18 bits per heavy atom. The minimum Gasteiger partial charge on any atom is -0.326 e. The molecular formula is C18H19F3N2O3S2. The molecule has 2 aromatic rings. The third kappa shape index (κ3) is 4.56. The van der Waals surface area contributed by atoms with Gasteiger partial charge < -0.3 is 5.32 Å². The van der Waals surface area contributed by atoms with E-state index in [4.69, 9.17) is 0 Å². The van der Waals surface area contributed by atoms with Crippen molar-refractivity contribution in [1.82, 2.24) is 4.31 Å². The van der Waals surface area contributed by atoms with Crippen molar-refractivity contribution in [3.8, 4) is 0 Å². The van der Waals surface area contributed by atoms with Crippen LogP contribution >= 0.6 is 11.3 Å². The molecule has 1 saturated heterocycles. The van der Waals surface area contributed by atoms with Crippen molar-refractivity contribution in [2.75, 3.05) is 18.4 Å². The number of hydrogen-bond donors (Lipinski definition) is 1. The predicted molar refractivity (Wildman–Crippen MR) is 101 cm³/mol. The van der Waals surface area contributed by atoms with E-state index in [0.717, 1.165) is 17.0 Å². The molecule has 2 heterocycles. The maximum Gasteiger partial charge on any atom is 0.416 e. The summed E-state index contributed by atoms with van der Waals surface area (Å²) in [5, 5.41) is 2.58. The first kappa shape index (κ1) is 20.8. The summed E-state index contributed by atoms with van der Waals surface area (Å²) in [6.45, 7) is 2.20. The Hall–Kier alpha value is -1.91. The van der Waals surface area contributed by atoms with Crippen LogP contribution in [0.1, 0.15) is 23.3 Å². The number of carbonyl (C=O) groups is 1. The zero-order chi connectivity index (χ0) is 20.5. The molecule has 0 spiro atoms. The van der Waals surface area contributed by atoms with Crippen LogP contribution in [0.25, 0.3) is 0 Å². The Labute approximate surface area is 165 Å². The van der Waals surface area contributed by atoms with Gasteiger partial charge in [-0.25, -0.2) is 8.42 Å². The number of benzene rings is 1. The molecule has 0 radical (unpaired) electrons. The Morgan fingerprint density at radius 2 is 1.86 bits per heavy atom. The Bertz CT molecular complexity index is 953. The molecule has 5 nitrogen and oxygen atoms in total. The van der Waals surface area contributed by atoms with Crippen LogP contribution in [0.5, 0.6) is 0 Å². The minimum atomic E-state index is -4.44. The number of rotatable bonds is 4. The third-order valence-electron chi connectivity index (χ3n) is 4.54. The second-order valence-corrected chi connectivity index (χ2v) is 10.1. The van der Waals surface area contributed by atoms with Crippen LogP contribution in [-0.4, -0.2) is 31.7 Å². The molecule has 0 bridgehead atoms. The second kappa shape index (κ2) is 7.84. The van der Waals surface area contributed by atoms with Crippen LogP contribution in [0, 0.1) is 12.8 Å². The topological polar surface area (TPSA) is 66.5 Å². The number of nitrogens with zero attached hydrogens (tertiary/aromatic N) is 1. The molecule has 1 aliphatic rings. The van der Waals surface area contributed by atoms with Gasteiger partial charge in [0, 0.05) is 23.7 Å². The summed E-state index contributed by atoms with van der Waals surface area (Å²) in [5.41, 5.74) is -0.557. The van der Waals surface area contributed by atoms with E-state index in [1.165, 1.54) is 27.8 Å². The number of anilines is 1. The lowest BCUT2D eigenvalue weighted by Gasteiger charge is -2.30.